The van der Waals surface area contributed by atoms with E-state index in [2.05, 4.69) is 0 Å². The van der Waals surface area contributed by atoms with Crippen LogP contribution in [0, 0.1) is 11.3 Å². The summed E-state index contributed by atoms with van der Waals surface area (Å²) in [6.45, 7) is 4.60. The largest absolute Gasteiger partial charge is 0.489 e. The molecule has 0 spiro atoms. The number of nitriles is 1. The molecule has 1 rings (SSSR count). The van der Waals surface area contributed by atoms with E-state index < -0.39 is 15.9 Å². The van der Waals surface area contributed by atoms with Crippen molar-refractivity contribution < 1.29 is 18.3 Å². The van der Waals surface area contributed by atoms with E-state index >= 15 is 0 Å². The van der Waals surface area contributed by atoms with E-state index in [4.69, 9.17) is 10.00 Å². The molecule has 1 aromatic carbocycles. The van der Waals surface area contributed by atoms with E-state index in [-0.39, 0.29) is 18.4 Å². The highest BCUT2D eigenvalue weighted by atomic mass is 32.2. The summed E-state index contributed by atoms with van der Waals surface area (Å²) in [7, 11) is -3.04. The molecule has 0 heterocycles. The molecule has 1 atom stereocenters. The minimum atomic E-state index is -3.04. The summed E-state index contributed by atoms with van der Waals surface area (Å²) >= 11 is 0. The van der Waals surface area contributed by atoms with E-state index in [9.17, 15) is 13.5 Å². The van der Waals surface area contributed by atoms with Gasteiger partial charge in [-0.2, -0.15) is 5.26 Å². The van der Waals surface area contributed by atoms with Crippen LogP contribution in [0.1, 0.15) is 19.4 Å². The van der Waals surface area contributed by atoms with Crippen molar-refractivity contribution in [3.05, 3.63) is 29.8 Å². The zero-order chi connectivity index (χ0) is 17.5. The Hall–Kier alpha value is -1.62. The summed E-state index contributed by atoms with van der Waals surface area (Å²) in [5.74, 6) is 0.483. The third kappa shape index (κ3) is 7.46. The molecule has 0 fully saturated rings. The third-order valence-corrected chi connectivity index (χ3v) is 4.29. The van der Waals surface area contributed by atoms with Crippen LogP contribution >= 0.6 is 0 Å². The molecule has 128 valence electrons. The van der Waals surface area contributed by atoms with Crippen LogP contribution < -0.4 is 4.74 Å². The number of sulfone groups is 1. The van der Waals surface area contributed by atoms with Crippen molar-refractivity contribution in [3.8, 4) is 11.8 Å². The van der Waals surface area contributed by atoms with Crippen molar-refractivity contribution in [2.75, 3.05) is 31.7 Å². The number of hydrogen-bond donors (Lipinski definition) is 1. The number of aliphatic hydroxyl groups excluding tert-OH is 1. The predicted octanol–water partition coefficient (Wildman–Crippen LogP) is 1.05. The topological polar surface area (TPSA) is 90.6 Å². The fourth-order valence-corrected chi connectivity index (χ4v) is 2.60. The smallest absolute Gasteiger partial charge is 0.148 e. The van der Waals surface area contributed by atoms with Crippen molar-refractivity contribution >= 4 is 9.84 Å². The number of benzene rings is 1. The fraction of sp³-hybridized carbons (Fsp3) is 0.562. The van der Waals surface area contributed by atoms with Gasteiger partial charge in [-0.1, -0.05) is 12.1 Å². The Labute approximate surface area is 138 Å². The second-order valence-corrected chi connectivity index (χ2v) is 8.05. The van der Waals surface area contributed by atoms with Gasteiger partial charge in [0.25, 0.3) is 0 Å². The maximum atomic E-state index is 11.3. The van der Waals surface area contributed by atoms with E-state index in [1.54, 1.807) is 24.3 Å². The molecule has 23 heavy (non-hydrogen) atoms. The number of rotatable bonds is 9. The highest BCUT2D eigenvalue weighted by Gasteiger charge is 2.17. The Kier molecular flexibility index (Phi) is 7.49. The van der Waals surface area contributed by atoms with Gasteiger partial charge in [-0.25, -0.2) is 8.42 Å². The summed E-state index contributed by atoms with van der Waals surface area (Å²) in [6, 6.07) is 8.97. The molecule has 1 N–H and O–H groups in total. The quantitative estimate of drug-likeness (QED) is 0.723. The summed E-state index contributed by atoms with van der Waals surface area (Å²) in [5, 5.41) is 19.1. The Bertz CT molecular complexity index is 638. The molecular formula is C16H24N2O4S. The first kappa shape index (κ1) is 19.4. The number of aliphatic hydroxyl groups is 1. The predicted molar refractivity (Wildman–Crippen MR) is 89.1 cm³/mol. The van der Waals surface area contributed by atoms with Gasteiger partial charge in [0.15, 0.2) is 0 Å². The summed E-state index contributed by atoms with van der Waals surface area (Å²) in [4.78, 5) is 1.89. The lowest BCUT2D eigenvalue weighted by Gasteiger charge is -2.28. The van der Waals surface area contributed by atoms with Crippen molar-refractivity contribution in [2.45, 2.75) is 26.0 Å². The second kappa shape index (κ2) is 8.87. The van der Waals surface area contributed by atoms with E-state index in [1.807, 2.05) is 24.8 Å². The zero-order valence-corrected chi connectivity index (χ0v) is 14.6. The molecule has 6 nitrogen and oxygen atoms in total. The van der Waals surface area contributed by atoms with Crippen LogP contribution in [-0.2, 0) is 9.84 Å². The van der Waals surface area contributed by atoms with E-state index in [1.165, 1.54) is 6.26 Å². The molecule has 0 aliphatic heterocycles. The molecule has 1 unspecified atom stereocenters. The molecule has 0 amide bonds. The monoisotopic (exact) mass is 340 g/mol. The molecule has 0 aliphatic rings. The first-order chi connectivity index (χ1) is 10.7. The van der Waals surface area contributed by atoms with Crippen LogP contribution in [-0.4, -0.2) is 62.3 Å². The minimum Gasteiger partial charge on any atom is -0.489 e. The van der Waals surface area contributed by atoms with Crippen molar-refractivity contribution in [1.82, 2.24) is 4.90 Å². The summed E-state index contributed by atoms with van der Waals surface area (Å²) in [6.07, 6.45) is 0.424. The normalized spacial score (nSPS) is 13.1. The van der Waals surface area contributed by atoms with E-state index in [0.29, 0.717) is 24.4 Å². The van der Waals surface area contributed by atoms with E-state index in [0.717, 1.165) is 0 Å². The number of nitrogens with zero attached hydrogens (tertiary/aromatic N) is 2. The minimum absolute atomic E-state index is 0.0424. The molecule has 0 saturated heterocycles. The Balaban J connectivity index is 2.56. The molecule has 0 radical (unpaired) electrons. The molecule has 0 saturated carbocycles. The maximum absolute atomic E-state index is 11.3. The van der Waals surface area contributed by atoms with Gasteiger partial charge in [-0.15, -0.1) is 0 Å². The summed E-state index contributed by atoms with van der Waals surface area (Å²) in [5.41, 5.74) is 0.414. The average Bonchev–Trinajstić information content (AvgIpc) is 2.48. The lowest BCUT2D eigenvalue weighted by molar-refractivity contribution is 0.0599. The first-order valence-corrected chi connectivity index (χ1v) is 9.50. The van der Waals surface area contributed by atoms with Gasteiger partial charge in [-0.05, 0) is 26.0 Å². The maximum Gasteiger partial charge on any atom is 0.148 e. The van der Waals surface area contributed by atoms with Crippen molar-refractivity contribution in [3.63, 3.8) is 0 Å². The van der Waals surface area contributed by atoms with Crippen molar-refractivity contribution in [1.29, 1.82) is 5.26 Å². The Morgan fingerprint density at radius 1 is 1.35 bits per heavy atom. The van der Waals surface area contributed by atoms with Gasteiger partial charge in [0.2, 0.25) is 0 Å². The molecule has 0 aliphatic carbocycles. The SMILES string of the molecule is CC(C)N(CCS(C)(=O)=O)CC(O)COc1ccccc1C#N. The third-order valence-electron chi connectivity index (χ3n) is 3.36. The zero-order valence-electron chi connectivity index (χ0n) is 13.8. The summed E-state index contributed by atoms with van der Waals surface area (Å²) < 4.78 is 28.1. The second-order valence-electron chi connectivity index (χ2n) is 5.79. The Morgan fingerprint density at radius 2 is 2.00 bits per heavy atom. The molecule has 7 heteroatoms. The van der Waals surface area contributed by atoms with Crippen LogP contribution in [0.5, 0.6) is 5.75 Å². The Morgan fingerprint density at radius 3 is 2.57 bits per heavy atom. The lowest BCUT2D eigenvalue weighted by Crippen LogP contribution is -2.42. The van der Waals surface area contributed by atoms with Gasteiger partial charge in [0.05, 0.1) is 11.3 Å². The molecule has 1 aromatic rings. The highest BCUT2D eigenvalue weighted by Crippen LogP contribution is 2.16. The molecule has 0 aromatic heterocycles. The van der Waals surface area contributed by atoms with Crippen LogP contribution in [0.25, 0.3) is 0 Å². The lowest BCUT2D eigenvalue weighted by atomic mass is 10.2. The first-order valence-electron chi connectivity index (χ1n) is 7.44. The standard InChI is InChI=1S/C16H24N2O4S/c1-13(2)18(8-9-23(3,20)21)11-15(19)12-22-16-7-5-4-6-14(16)10-17/h4-7,13,15,19H,8-9,11-12H2,1-3H3. The fourth-order valence-electron chi connectivity index (χ4n) is 2.04. The van der Waals surface area contributed by atoms with Crippen LogP contribution in [0.4, 0.5) is 0 Å². The van der Waals surface area contributed by atoms with Crippen LogP contribution in [0.15, 0.2) is 24.3 Å². The van der Waals surface area contributed by atoms with Gasteiger partial charge < -0.3 is 9.84 Å². The van der Waals surface area contributed by atoms with Gasteiger partial charge in [-0.3, -0.25) is 4.90 Å². The van der Waals surface area contributed by atoms with Gasteiger partial charge >= 0.3 is 0 Å². The number of ether oxygens (including phenoxy) is 1. The van der Waals surface area contributed by atoms with Crippen LogP contribution in [0.2, 0.25) is 0 Å². The highest BCUT2D eigenvalue weighted by molar-refractivity contribution is 7.90. The van der Waals surface area contributed by atoms with Gasteiger partial charge in [0.1, 0.15) is 34.4 Å². The average molecular weight is 340 g/mol. The number of para-hydroxylation sites is 1. The molecular weight excluding hydrogens is 316 g/mol. The van der Waals surface area contributed by atoms with Gasteiger partial charge in [0, 0.05) is 25.4 Å². The molecule has 0 bridgehead atoms. The number of hydrogen-bond acceptors (Lipinski definition) is 6. The van der Waals surface area contributed by atoms with Crippen LogP contribution in [0.3, 0.4) is 0 Å². The van der Waals surface area contributed by atoms with Crippen molar-refractivity contribution in [2.24, 2.45) is 0 Å².